The fraction of sp³-hybridized carbons (Fsp3) is 0.400. The van der Waals surface area contributed by atoms with Crippen LogP contribution in [-0.4, -0.2) is 38.1 Å². The molecular formula is C25H28N4O3. The highest BCUT2D eigenvalue weighted by Gasteiger charge is 2.51. The van der Waals surface area contributed by atoms with Gasteiger partial charge in [0.2, 0.25) is 0 Å². The van der Waals surface area contributed by atoms with Crippen LogP contribution in [-0.2, 0) is 4.74 Å². The molecule has 1 aromatic carbocycles. The Hall–Kier alpha value is -3.35. The summed E-state index contributed by atoms with van der Waals surface area (Å²) in [5.41, 5.74) is 7.01. The van der Waals surface area contributed by atoms with Gasteiger partial charge in [-0.15, -0.1) is 0 Å². The van der Waals surface area contributed by atoms with Gasteiger partial charge in [0, 0.05) is 23.7 Å². The highest BCUT2D eigenvalue weighted by Crippen LogP contribution is 2.45. The van der Waals surface area contributed by atoms with Gasteiger partial charge in [-0.25, -0.2) is 9.78 Å². The molecule has 7 nitrogen and oxygen atoms in total. The second-order valence-corrected chi connectivity index (χ2v) is 9.35. The van der Waals surface area contributed by atoms with E-state index in [0.29, 0.717) is 0 Å². The van der Waals surface area contributed by atoms with Crippen LogP contribution in [0.1, 0.15) is 67.7 Å². The molecule has 3 heterocycles. The number of ether oxygens (including phenoxy) is 1. The molecule has 1 aliphatic carbocycles. The molecule has 0 spiro atoms. The number of nitrogens with zero attached hydrogens (tertiary/aromatic N) is 3. The zero-order valence-corrected chi connectivity index (χ0v) is 18.4. The SMILES string of the molecule is CC1(C)OC(=O)N(C2CCC(n3ccc4ccc(C(N)=O)nc43)CC2)[C@H]1c1ccccc1. The third-order valence-corrected chi connectivity index (χ3v) is 6.88. The van der Waals surface area contributed by atoms with E-state index < -0.39 is 11.5 Å². The Labute approximate surface area is 187 Å². The molecule has 2 amide bonds. The molecule has 1 saturated carbocycles. The van der Waals surface area contributed by atoms with Crippen molar-refractivity contribution in [2.45, 2.75) is 63.3 Å². The van der Waals surface area contributed by atoms with Gasteiger partial charge in [0.1, 0.15) is 16.9 Å². The molecule has 166 valence electrons. The molecule has 0 unspecified atom stereocenters. The van der Waals surface area contributed by atoms with Crippen molar-refractivity contribution >= 4 is 23.0 Å². The molecule has 2 aromatic heterocycles. The predicted molar refractivity (Wildman–Crippen MR) is 121 cm³/mol. The summed E-state index contributed by atoms with van der Waals surface area (Å²) in [6, 6.07) is 16.0. The first-order valence-corrected chi connectivity index (χ1v) is 11.2. The van der Waals surface area contributed by atoms with Crippen LogP contribution in [0, 0.1) is 0 Å². The van der Waals surface area contributed by atoms with Crippen molar-refractivity contribution in [2.24, 2.45) is 5.73 Å². The summed E-state index contributed by atoms with van der Waals surface area (Å²) >= 11 is 0. The number of cyclic esters (lactones) is 1. The lowest BCUT2D eigenvalue weighted by molar-refractivity contribution is 0.0662. The molecule has 2 fully saturated rings. The average molecular weight is 433 g/mol. The number of aromatic nitrogens is 2. The Morgan fingerprint density at radius 3 is 2.41 bits per heavy atom. The van der Waals surface area contributed by atoms with Gasteiger partial charge in [-0.2, -0.15) is 0 Å². The smallest absolute Gasteiger partial charge is 0.411 e. The monoisotopic (exact) mass is 432 g/mol. The topological polar surface area (TPSA) is 90.5 Å². The minimum atomic E-state index is -0.582. The fourth-order valence-corrected chi connectivity index (χ4v) is 5.40. The van der Waals surface area contributed by atoms with Crippen molar-refractivity contribution in [2.75, 3.05) is 0 Å². The molecule has 2 N–H and O–H groups in total. The molecule has 0 bridgehead atoms. The van der Waals surface area contributed by atoms with Crippen LogP contribution in [0.4, 0.5) is 4.79 Å². The van der Waals surface area contributed by atoms with Crippen LogP contribution < -0.4 is 5.73 Å². The molecule has 2 aliphatic rings. The van der Waals surface area contributed by atoms with Crippen LogP contribution in [0.15, 0.2) is 54.7 Å². The fourth-order valence-electron chi connectivity index (χ4n) is 5.40. The number of carbonyl (C=O) groups excluding carboxylic acids is 2. The van der Waals surface area contributed by atoms with E-state index >= 15 is 0 Å². The lowest BCUT2D eigenvalue weighted by Crippen LogP contribution is -2.42. The van der Waals surface area contributed by atoms with E-state index in [9.17, 15) is 9.59 Å². The van der Waals surface area contributed by atoms with Crippen LogP contribution >= 0.6 is 0 Å². The first-order chi connectivity index (χ1) is 15.3. The number of nitrogens with two attached hydrogens (primary N) is 1. The summed E-state index contributed by atoms with van der Waals surface area (Å²) in [5, 5.41) is 0.992. The largest absolute Gasteiger partial charge is 0.441 e. The maximum Gasteiger partial charge on any atom is 0.411 e. The third kappa shape index (κ3) is 3.42. The van der Waals surface area contributed by atoms with E-state index in [4.69, 9.17) is 10.5 Å². The summed E-state index contributed by atoms with van der Waals surface area (Å²) < 4.78 is 7.95. The maximum atomic E-state index is 12.9. The summed E-state index contributed by atoms with van der Waals surface area (Å²) in [4.78, 5) is 30.9. The number of pyridine rings is 1. The van der Waals surface area contributed by atoms with E-state index in [1.54, 1.807) is 6.07 Å². The molecule has 32 heavy (non-hydrogen) atoms. The van der Waals surface area contributed by atoms with Crippen molar-refractivity contribution in [3.63, 3.8) is 0 Å². The number of rotatable bonds is 4. The quantitative estimate of drug-likeness (QED) is 0.653. The molecular weight excluding hydrogens is 404 g/mol. The van der Waals surface area contributed by atoms with Gasteiger partial charge in [-0.1, -0.05) is 30.3 Å². The molecule has 5 rings (SSSR count). The van der Waals surface area contributed by atoms with E-state index in [-0.39, 0.29) is 29.9 Å². The van der Waals surface area contributed by atoms with Crippen molar-refractivity contribution in [3.8, 4) is 0 Å². The van der Waals surface area contributed by atoms with E-state index in [2.05, 4.69) is 21.7 Å². The van der Waals surface area contributed by atoms with Crippen molar-refractivity contribution in [3.05, 3.63) is 66.0 Å². The number of hydrogen-bond acceptors (Lipinski definition) is 4. The highest BCUT2D eigenvalue weighted by atomic mass is 16.6. The Kier molecular flexibility index (Phi) is 4.92. The number of carbonyl (C=O) groups is 2. The van der Waals surface area contributed by atoms with Gasteiger partial charge in [-0.05, 0) is 63.3 Å². The minimum Gasteiger partial charge on any atom is -0.441 e. The van der Waals surface area contributed by atoms with E-state index in [0.717, 1.165) is 42.3 Å². The third-order valence-electron chi connectivity index (χ3n) is 6.88. The van der Waals surface area contributed by atoms with Crippen molar-refractivity contribution < 1.29 is 14.3 Å². The Bertz CT molecular complexity index is 1160. The molecule has 0 radical (unpaired) electrons. The van der Waals surface area contributed by atoms with Crippen LogP contribution in [0.25, 0.3) is 11.0 Å². The van der Waals surface area contributed by atoms with E-state index in [1.165, 1.54) is 0 Å². The lowest BCUT2D eigenvalue weighted by Gasteiger charge is -2.38. The van der Waals surface area contributed by atoms with Gasteiger partial charge in [0.05, 0.1) is 6.04 Å². The van der Waals surface area contributed by atoms with Crippen molar-refractivity contribution in [1.29, 1.82) is 0 Å². The summed E-state index contributed by atoms with van der Waals surface area (Å²) in [5.74, 6) is -0.523. The normalized spacial score (nSPS) is 25.1. The predicted octanol–water partition coefficient (Wildman–Crippen LogP) is 4.59. The van der Waals surface area contributed by atoms with E-state index in [1.807, 2.05) is 55.3 Å². The number of benzene rings is 1. The standard InChI is InChI=1S/C25H28N4O3/c1-25(2)21(16-6-4-3-5-7-16)29(24(31)32-25)19-11-9-18(10-12-19)28-15-14-17-8-13-20(22(26)30)27-23(17)28/h3-8,13-15,18-19,21H,9-12H2,1-2H3,(H2,26,30)/t18?,19?,21-/m0/s1. The molecule has 1 aliphatic heterocycles. The summed E-state index contributed by atoms with van der Waals surface area (Å²) in [6.07, 6.45) is 5.41. The zero-order valence-electron chi connectivity index (χ0n) is 18.4. The lowest BCUT2D eigenvalue weighted by atomic mass is 9.86. The number of hydrogen-bond donors (Lipinski definition) is 1. The average Bonchev–Trinajstić information content (AvgIpc) is 3.31. The first kappa shape index (κ1) is 20.5. The second kappa shape index (κ2) is 7.65. The summed E-state index contributed by atoms with van der Waals surface area (Å²) in [7, 11) is 0. The van der Waals surface area contributed by atoms with Gasteiger partial charge in [-0.3, -0.25) is 9.69 Å². The molecule has 7 heteroatoms. The molecule has 1 atom stereocenters. The minimum absolute atomic E-state index is 0.107. The number of fused-ring (bicyclic) bond motifs is 1. The van der Waals surface area contributed by atoms with Gasteiger partial charge < -0.3 is 15.0 Å². The van der Waals surface area contributed by atoms with Gasteiger partial charge in [0.25, 0.3) is 5.91 Å². The second-order valence-electron chi connectivity index (χ2n) is 9.35. The molecule has 1 saturated heterocycles. The summed E-state index contributed by atoms with van der Waals surface area (Å²) in [6.45, 7) is 3.98. The van der Waals surface area contributed by atoms with Crippen LogP contribution in [0.3, 0.4) is 0 Å². The Balaban J connectivity index is 1.37. The van der Waals surface area contributed by atoms with Gasteiger partial charge in [0.15, 0.2) is 0 Å². The Morgan fingerprint density at radius 1 is 1.03 bits per heavy atom. The van der Waals surface area contributed by atoms with Crippen LogP contribution in [0.2, 0.25) is 0 Å². The van der Waals surface area contributed by atoms with Crippen molar-refractivity contribution in [1.82, 2.24) is 14.5 Å². The number of amides is 2. The maximum absolute atomic E-state index is 12.9. The number of primary amides is 1. The molecule has 3 aromatic rings. The highest BCUT2D eigenvalue weighted by molar-refractivity contribution is 5.93. The zero-order chi connectivity index (χ0) is 22.5. The Morgan fingerprint density at radius 2 is 1.72 bits per heavy atom. The first-order valence-electron chi connectivity index (χ1n) is 11.2. The van der Waals surface area contributed by atoms with Crippen LogP contribution in [0.5, 0.6) is 0 Å². The van der Waals surface area contributed by atoms with Gasteiger partial charge >= 0.3 is 6.09 Å².